The van der Waals surface area contributed by atoms with Crippen molar-refractivity contribution < 1.29 is 0 Å². The molecule has 0 fully saturated rings. The molecule has 16 heavy (non-hydrogen) atoms. The van der Waals surface area contributed by atoms with Crippen LogP contribution in [0.25, 0.3) is 6.08 Å². The van der Waals surface area contributed by atoms with E-state index in [-0.39, 0.29) is 6.04 Å². The SMILES string of the molecule is CC(C)NC(C=Cc1ccccc1)=NC#N. The highest BCUT2D eigenvalue weighted by atomic mass is 15.0. The minimum atomic E-state index is 0.257. The van der Waals surface area contributed by atoms with E-state index in [0.29, 0.717) is 5.84 Å². The first-order valence-electron chi connectivity index (χ1n) is 5.19. The molecule has 0 amide bonds. The van der Waals surface area contributed by atoms with Crippen molar-refractivity contribution in [1.82, 2.24) is 5.32 Å². The number of nitriles is 1. The molecule has 0 aliphatic rings. The Balaban J connectivity index is 2.73. The highest BCUT2D eigenvalue weighted by molar-refractivity contribution is 5.97. The van der Waals surface area contributed by atoms with Gasteiger partial charge in [-0.2, -0.15) is 10.3 Å². The molecule has 1 aromatic carbocycles. The van der Waals surface area contributed by atoms with Crippen LogP contribution >= 0.6 is 0 Å². The van der Waals surface area contributed by atoms with Gasteiger partial charge in [-0.3, -0.25) is 0 Å². The molecule has 0 atom stereocenters. The monoisotopic (exact) mass is 213 g/mol. The molecule has 0 unspecified atom stereocenters. The molecular formula is C13H15N3. The molecule has 0 saturated heterocycles. The van der Waals surface area contributed by atoms with Crippen molar-refractivity contribution in [3.05, 3.63) is 42.0 Å². The van der Waals surface area contributed by atoms with Gasteiger partial charge >= 0.3 is 0 Å². The van der Waals surface area contributed by atoms with Crippen molar-refractivity contribution in [1.29, 1.82) is 5.26 Å². The Kier molecular flexibility index (Phi) is 4.81. The summed E-state index contributed by atoms with van der Waals surface area (Å²) in [6.45, 7) is 4.01. The van der Waals surface area contributed by atoms with Crippen LogP contribution in [0.1, 0.15) is 19.4 Å². The highest BCUT2D eigenvalue weighted by Gasteiger charge is 1.96. The fourth-order valence-electron chi connectivity index (χ4n) is 1.21. The molecule has 3 heteroatoms. The van der Waals surface area contributed by atoms with Gasteiger partial charge in [-0.1, -0.05) is 36.4 Å². The zero-order valence-electron chi connectivity index (χ0n) is 9.51. The summed E-state index contributed by atoms with van der Waals surface area (Å²) in [6, 6.07) is 10.2. The average molecular weight is 213 g/mol. The van der Waals surface area contributed by atoms with Crippen molar-refractivity contribution in [3.8, 4) is 6.19 Å². The van der Waals surface area contributed by atoms with E-state index in [9.17, 15) is 0 Å². The zero-order chi connectivity index (χ0) is 11.8. The maximum atomic E-state index is 8.54. The number of nitrogens with one attached hydrogen (secondary N) is 1. The van der Waals surface area contributed by atoms with Crippen molar-refractivity contribution in [3.63, 3.8) is 0 Å². The number of hydrogen-bond donors (Lipinski definition) is 1. The number of hydrogen-bond acceptors (Lipinski definition) is 2. The normalized spacial score (nSPS) is 11.8. The Morgan fingerprint density at radius 2 is 2.06 bits per heavy atom. The fraction of sp³-hybridized carbons (Fsp3) is 0.231. The maximum absolute atomic E-state index is 8.54. The maximum Gasteiger partial charge on any atom is 0.207 e. The molecule has 82 valence electrons. The van der Waals surface area contributed by atoms with Crippen molar-refractivity contribution >= 4 is 11.9 Å². The van der Waals surface area contributed by atoms with Gasteiger partial charge < -0.3 is 5.32 Å². The summed E-state index contributed by atoms with van der Waals surface area (Å²) in [6.07, 6.45) is 5.51. The van der Waals surface area contributed by atoms with Gasteiger partial charge in [0, 0.05) is 6.04 Å². The molecule has 0 saturated carbocycles. The Hall–Kier alpha value is -2.08. The first-order valence-corrected chi connectivity index (χ1v) is 5.19. The summed E-state index contributed by atoms with van der Waals surface area (Å²) in [5.41, 5.74) is 1.08. The van der Waals surface area contributed by atoms with Gasteiger partial charge in [0.15, 0.2) is 0 Å². The first kappa shape index (κ1) is 12.0. The summed E-state index contributed by atoms with van der Waals surface area (Å²) in [4.78, 5) is 3.70. The lowest BCUT2D eigenvalue weighted by molar-refractivity contribution is 0.735. The molecular weight excluding hydrogens is 198 g/mol. The van der Waals surface area contributed by atoms with Gasteiger partial charge in [-0.05, 0) is 25.5 Å². The number of aliphatic imine (C=N–C) groups is 1. The largest absolute Gasteiger partial charge is 0.367 e. The molecule has 0 aliphatic carbocycles. The van der Waals surface area contributed by atoms with Crippen LogP contribution < -0.4 is 5.32 Å². The number of amidine groups is 1. The molecule has 0 aromatic heterocycles. The van der Waals surface area contributed by atoms with E-state index in [4.69, 9.17) is 5.26 Å². The molecule has 0 spiro atoms. The Labute approximate surface area is 96.1 Å². The van der Waals surface area contributed by atoms with Crippen molar-refractivity contribution in [2.24, 2.45) is 4.99 Å². The van der Waals surface area contributed by atoms with Gasteiger partial charge in [-0.25, -0.2) is 0 Å². The van der Waals surface area contributed by atoms with E-state index in [1.165, 1.54) is 0 Å². The molecule has 0 bridgehead atoms. The van der Waals surface area contributed by atoms with Crippen LogP contribution in [0.5, 0.6) is 0 Å². The van der Waals surface area contributed by atoms with Crippen LogP contribution in [0.15, 0.2) is 41.4 Å². The summed E-state index contributed by atoms with van der Waals surface area (Å²) in [5.74, 6) is 0.585. The fourth-order valence-corrected chi connectivity index (χ4v) is 1.21. The zero-order valence-corrected chi connectivity index (χ0v) is 9.51. The second kappa shape index (κ2) is 6.41. The van der Waals surface area contributed by atoms with E-state index >= 15 is 0 Å². The quantitative estimate of drug-likeness (QED) is 0.476. The molecule has 0 aliphatic heterocycles. The molecule has 1 rings (SSSR count). The van der Waals surface area contributed by atoms with Gasteiger partial charge in [0.1, 0.15) is 5.84 Å². The van der Waals surface area contributed by atoms with Gasteiger partial charge in [0.25, 0.3) is 0 Å². The smallest absolute Gasteiger partial charge is 0.207 e. The predicted octanol–water partition coefficient (Wildman–Crippen LogP) is 2.58. The summed E-state index contributed by atoms with van der Waals surface area (Å²) >= 11 is 0. The summed E-state index contributed by atoms with van der Waals surface area (Å²) < 4.78 is 0. The van der Waals surface area contributed by atoms with E-state index < -0.39 is 0 Å². The minimum absolute atomic E-state index is 0.257. The number of nitrogens with zero attached hydrogens (tertiary/aromatic N) is 2. The second-order valence-electron chi connectivity index (χ2n) is 3.64. The molecule has 1 N–H and O–H groups in total. The van der Waals surface area contributed by atoms with Crippen LogP contribution in [0.3, 0.4) is 0 Å². The van der Waals surface area contributed by atoms with E-state index in [2.05, 4.69) is 10.3 Å². The van der Waals surface area contributed by atoms with E-state index in [1.807, 2.05) is 50.3 Å². The Morgan fingerprint density at radius 1 is 1.38 bits per heavy atom. The first-order chi connectivity index (χ1) is 7.72. The van der Waals surface area contributed by atoms with Crippen LogP contribution in [-0.2, 0) is 0 Å². The van der Waals surface area contributed by atoms with Crippen LogP contribution in [0.2, 0.25) is 0 Å². The van der Waals surface area contributed by atoms with Gasteiger partial charge in [-0.15, -0.1) is 0 Å². The summed E-state index contributed by atoms with van der Waals surface area (Å²) in [5, 5.41) is 11.6. The second-order valence-corrected chi connectivity index (χ2v) is 3.64. The molecule has 3 nitrogen and oxygen atoms in total. The van der Waals surface area contributed by atoms with Crippen molar-refractivity contribution in [2.45, 2.75) is 19.9 Å². The lowest BCUT2D eigenvalue weighted by Gasteiger charge is -2.07. The summed E-state index contributed by atoms with van der Waals surface area (Å²) in [7, 11) is 0. The third-order valence-corrected chi connectivity index (χ3v) is 1.84. The van der Waals surface area contributed by atoms with Gasteiger partial charge in [0.05, 0.1) is 0 Å². The van der Waals surface area contributed by atoms with Gasteiger partial charge in [0.2, 0.25) is 6.19 Å². The number of rotatable bonds is 3. The lowest BCUT2D eigenvalue weighted by atomic mass is 10.2. The molecule has 0 radical (unpaired) electrons. The van der Waals surface area contributed by atoms with Crippen LogP contribution in [0.4, 0.5) is 0 Å². The Morgan fingerprint density at radius 3 is 2.62 bits per heavy atom. The predicted molar refractivity (Wildman–Crippen MR) is 66.8 cm³/mol. The third-order valence-electron chi connectivity index (χ3n) is 1.84. The topological polar surface area (TPSA) is 48.2 Å². The van der Waals surface area contributed by atoms with Crippen molar-refractivity contribution in [2.75, 3.05) is 0 Å². The molecule has 0 heterocycles. The minimum Gasteiger partial charge on any atom is -0.367 e. The van der Waals surface area contributed by atoms with Crippen LogP contribution in [0, 0.1) is 11.5 Å². The molecule has 1 aromatic rings. The Bertz CT molecular complexity index is 411. The average Bonchev–Trinajstić information content (AvgIpc) is 2.27. The van der Waals surface area contributed by atoms with E-state index in [1.54, 1.807) is 12.3 Å². The highest BCUT2D eigenvalue weighted by Crippen LogP contribution is 2.00. The number of benzene rings is 1. The third kappa shape index (κ3) is 4.43. The van der Waals surface area contributed by atoms with E-state index in [0.717, 1.165) is 5.56 Å². The standard InChI is InChI=1S/C13H15N3/c1-11(2)16-13(15-10-14)9-8-12-6-4-3-5-7-12/h3-9,11H,1-2H3,(H,15,16). The lowest BCUT2D eigenvalue weighted by Crippen LogP contribution is -2.28. The van der Waals surface area contributed by atoms with Crippen LogP contribution in [-0.4, -0.2) is 11.9 Å².